The molecular weight excluding hydrogens is 262 g/mol. The summed E-state index contributed by atoms with van der Waals surface area (Å²) in [4.78, 5) is 2.17. The average Bonchev–Trinajstić information content (AvgIpc) is 2.39. The van der Waals surface area contributed by atoms with Gasteiger partial charge in [-0.1, -0.05) is 17.7 Å². The van der Waals surface area contributed by atoms with Gasteiger partial charge in [0.15, 0.2) is 0 Å². The van der Waals surface area contributed by atoms with Crippen molar-refractivity contribution in [3.63, 3.8) is 0 Å². The molecule has 0 aromatic heterocycles. The summed E-state index contributed by atoms with van der Waals surface area (Å²) in [6, 6.07) is 5.75. The largest absolute Gasteiger partial charge is 0.389 e. The standard InChI is InChI=1S/C15H22ClNO2/c1-11(18)13-5-6-15(14(16)8-13)17(2)9-12-4-3-7-19-10-12/h5-6,8,11-12,18H,3-4,7,9-10H2,1-2H3. The van der Waals surface area contributed by atoms with Crippen molar-refractivity contribution in [2.24, 2.45) is 5.92 Å². The molecule has 0 radical (unpaired) electrons. The van der Waals surface area contributed by atoms with Crippen LogP contribution >= 0.6 is 11.6 Å². The van der Waals surface area contributed by atoms with Crippen LogP contribution in [0.3, 0.4) is 0 Å². The van der Waals surface area contributed by atoms with Crippen molar-refractivity contribution < 1.29 is 9.84 Å². The first-order valence-corrected chi connectivity index (χ1v) is 7.22. The summed E-state index contributed by atoms with van der Waals surface area (Å²) in [7, 11) is 2.05. The first-order chi connectivity index (χ1) is 9.08. The second-order valence-electron chi connectivity index (χ2n) is 5.35. The Hall–Kier alpha value is -0.770. The molecule has 1 fully saturated rings. The van der Waals surface area contributed by atoms with Gasteiger partial charge in [0.25, 0.3) is 0 Å². The Kier molecular flexibility index (Phi) is 5.08. The Labute approximate surface area is 120 Å². The lowest BCUT2D eigenvalue weighted by atomic mass is 10.0. The van der Waals surface area contributed by atoms with E-state index in [1.807, 2.05) is 18.2 Å². The van der Waals surface area contributed by atoms with Crippen molar-refractivity contribution in [3.8, 4) is 0 Å². The van der Waals surface area contributed by atoms with E-state index in [2.05, 4.69) is 11.9 Å². The third-order valence-electron chi connectivity index (χ3n) is 3.65. The van der Waals surface area contributed by atoms with Crippen molar-refractivity contribution in [1.82, 2.24) is 0 Å². The number of rotatable bonds is 4. The lowest BCUT2D eigenvalue weighted by Crippen LogP contribution is -2.31. The highest BCUT2D eigenvalue weighted by Gasteiger charge is 2.17. The first kappa shape index (κ1) is 14.6. The van der Waals surface area contributed by atoms with Crippen molar-refractivity contribution >= 4 is 17.3 Å². The van der Waals surface area contributed by atoms with E-state index in [1.165, 1.54) is 6.42 Å². The number of benzene rings is 1. The van der Waals surface area contributed by atoms with Crippen LogP contribution in [0, 0.1) is 5.92 Å². The monoisotopic (exact) mass is 283 g/mol. The van der Waals surface area contributed by atoms with Crippen molar-refractivity contribution in [1.29, 1.82) is 0 Å². The van der Waals surface area contributed by atoms with Crippen molar-refractivity contribution in [2.45, 2.75) is 25.9 Å². The van der Waals surface area contributed by atoms with Gasteiger partial charge in [0.2, 0.25) is 0 Å². The van der Waals surface area contributed by atoms with E-state index in [0.29, 0.717) is 10.9 Å². The molecule has 0 aliphatic carbocycles. The predicted molar refractivity (Wildman–Crippen MR) is 78.9 cm³/mol. The van der Waals surface area contributed by atoms with Crippen LogP contribution in [0.4, 0.5) is 5.69 Å². The van der Waals surface area contributed by atoms with E-state index >= 15 is 0 Å². The molecule has 0 amide bonds. The van der Waals surface area contributed by atoms with E-state index in [4.69, 9.17) is 16.3 Å². The number of aliphatic hydroxyl groups is 1. The number of halogens is 1. The third-order valence-corrected chi connectivity index (χ3v) is 3.95. The fourth-order valence-corrected chi connectivity index (χ4v) is 2.86. The zero-order valence-corrected chi connectivity index (χ0v) is 12.4. The molecular formula is C15H22ClNO2. The van der Waals surface area contributed by atoms with Crippen LogP contribution in [0.5, 0.6) is 0 Å². The van der Waals surface area contributed by atoms with E-state index < -0.39 is 6.10 Å². The minimum Gasteiger partial charge on any atom is -0.389 e. The van der Waals surface area contributed by atoms with E-state index in [-0.39, 0.29) is 0 Å². The van der Waals surface area contributed by atoms with Gasteiger partial charge in [-0.05, 0) is 43.4 Å². The van der Waals surface area contributed by atoms with Gasteiger partial charge in [0.1, 0.15) is 0 Å². The molecule has 1 N–H and O–H groups in total. The third kappa shape index (κ3) is 3.85. The maximum atomic E-state index is 9.55. The summed E-state index contributed by atoms with van der Waals surface area (Å²) in [5.41, 5.74) is 1.86. The quantitative estimate of drug-likeness (QED) is 0.921. The van der Waals surface area contributed by atoms with Crippen LogP contribution in [0.15, 0.2) is 18.2 Å². The normalized spacial score (nSPS) is 21.2. The Morgan fingerprint density at radius 2 is 2.32 bits per heavy atom. The molecule has 2 rings (SSSR count). The summed E-state index contributed by atoms with van der Waals surface area (Å²) in [5, 5.41) is 10.2. The number of nitrogens with zero attached hydrogens (tertiary/aromatic N) is 1. The van der Waals surface area contributed by atoms with Crippen molar-refractivity contribution in [2.75, 3.05) is 31.7 Å². The second kappa shape index (κ2) is 6.60. The highest BCUT2D eigenvalue weighted by molar-refractivity contribution is 6.33. The van der Waals surface area contributed by atoms with E-state index in [1.54, 1.807) is 6.92 Å². The van der Waals surface area contributed by atoms with E-state index in [9.17, 15) is 5.11 Å². The fraction of sp³-hybridized carbons (Fsp3) is 0.600. The Morgan fingerprint density at radius 3 is 2.89 bits per heavy atom. The highest BCUT2D eigenvalue weighted by atomic mass is 35.5. The van der Waals surface area contributed by atoms with Gasteiger partial charge in [-0.3, -0.25) is 0 Å². The molecule has 0 saturated carbocycles. The van der Waals surface area contributed by atoms with Gasteiger partial charge in [-0.15, -0.1) is 0 Å². The topological polar surface area (TPSA) is 32.7 Å². The zero-order chi connectivity index (χ0) is 13.8. The Bertz CT molecular complexity index is 417. The molecule has 1 aromatic rings. The van der Waals surface area contributed by atoms with E-state index in [0.717, 1.165) is 37.4 Å². The smallest absolute Gasteiger partial charge is 0.0762 e. The molecule has 19 heavy (non-hydrogen) atoms. The van der Waals surface area contributed by atoms with Crippen LogP contribution in [-0.4, -0.2) is 31.9 Å². The maximum Gasteiger partial charge on any atom is 0.0762 e. The molecule has 0 spiro atoms. The highest BCUT2D eigenvalue weighted by Crippen LogP contribution is 2.29. The van der Waals surface area contributed by atoms with Gasteiger partial charge in [0.05, 0.1) is 23.4 Å². The first-order valence-electron chi connectivity index (χ1n) is 6.84. The summed E-state index contributed by atoms with van der Waals surface area (Å²) in [5.74, 6) is 0.575. The minimum absolute atomic E-state index is 0.483. The van der Waals surface area contributed by atoms with Gasteiger partial charge in [-0.2, -0.15) is 0 Å². The molecule has 1 aliphatic rings. The number of anilines is 1. The lowest BCUT2D eigenvalue weighted by molar-refractivity contribution is 0.0576. The molecule has 106 valence electrons. The number of aliphatic hydroxyl groups excluding tert-OH is 1. The van der Waals surface area contributed by atoms with Crippen molar-refractivity contribution in [3.05, 3.63) is 28.8 Å². The zero-order valence-electron chi connectivity index (χ0n) is 11.6. The summed E-state index contributed by atoms with van der Waals surface area (Å²) in [6.45, 7) is 4.43. The SMILES string of the molecule is CC(O)c1ccc(N(C)CC2CCCOC2)c(Cl)c1. The van der Waals surface area contributed by atoms with Gasteiger partial charge in [-0.25, -0.2) is 0 Å². The number of hydrogen-bond acceptors (Lipinski definition) is 3. The molecule has 1 aromatic carbocycles. The summed E-state index contributed by atoms with van der Waals surface area (Å²) < 4.78 is 5.51. The number of hydrogen-bond donors (Lipinski definition) is 1. The molecule has 2 atom stereocenters. The molecule has 3 nitrogen and oxygen atoms in total. The molecule has 4 heteroatoms. The Balaban J connectivity index is 2.03. The van der Waals surface area contributed by atoms with Gasteiger partial charge < -0.3 is 14.7 Å². The molecule has 1 heterocycles. The minimum atomic E-state index is -0.483. The Morgan fingerprint density at radius 1 is 1.53 bits per heavy atom. The van der Waals surface area contributed by atoms with Crippen LogP contribution in [-0.2, 0) is 4.74 Å². The molecule has 2 unspecified atom stereocenters. The summed E-state index contributed by atoms with van der Waals surface area (Å²) >= 11 is 6.30. The molecule has 1 saturated heterocycles. The average molecular weight is 284 g/mol. The second-order valence-corrected chi connectivity index (χ2v) is 5.76. The molecule has 1 aliphatic heterocycles. The van der Waals surface area contributed by atoms with Gasteiger partial charge in [0, 0.05) is 20.2 Å². The maximum absolute atomic E-state index is 9.55. The predicted octanol–water partition coefficient (Wildman–Crippen LogP) is 3.26. The lowest BCUT2D eigenvalue weighted by Gasteiger charge is -2.29. The van der Waals surface area contributed by atoms with Crippen LogP contribution < -0.4 is 4.90 Å². The van der Waals surface area contributed by atoms with Crippen LogP contribution in [0.2, 0.25) is 5.02 Å². The van der Waals surface area contributed by atoms with Crippen LogP contribution in [0.25, 0.3) is 0 Å². The summed E-state index contributed by atoms with van der Waals surface area (Å²) in [6.07, 6.45) is 1.88. The van der Waals surface area contributed by atoms with Crippen LogP contribution in [0.1, 0.15) is 31.4 Å². The fourth-order valence-electron chi connectivity index (χ4n) is 2.53. The van der Waals surface area contributed by atoms with Gasteiger partial charge >= 0.3 is 0 Å². The molecule has 0 bridgehead atoms. The number of ether oxygens (including phenoxy) is 1.